The summed E-state index contributed by atoms with van der Waals surface area (Å²) in [6.07, 6.45) is 3.85. The van der Waals surface area contributed by atoms with Crippen molar-refractivity contribution >= 4 is 36.4 Å². The summed E-state index contributed by atoms with van der Waals surface area (Å²) in [4.78, 5) is 6.68. The SMILES string of the molecule is Cl.Cl.NC1CCN(Cc2ncc(-c3cccc(Cl)c3)o2)CC1. The number of hydrogen-bond donors (Lipinski definition) is 1. The third kappa shape index (κ3) is 4.86. The first-order valence-electron chi connectivity index (χ1n) is 6.89. The summed E-state index contributed by atoms with van der Waals surface area (Å²) in [6, 6.07) is 7.95. The molecule has 1 aromatic carbocycles. The fourth-order valence-electron chi connectivity index (χ4n) is 2.46. The first-order valence-corrected chi connectivity index (χ1v) is 7.27. The molecule has 0 aliphatic carbocycles. The number of likely N-dealkylation sites (tertiary alicyclic amines) is 1. The fourth-order valence-corrected chi connectivity index (χ4v) is 2.65. The van der Waals surface area contributed by atoms with Gasteiger partial charge in [0.2, 0.25) is 5.89 Å². The van der Waals surface area contributed by atoms with Crippen molar-refractivity contribution in [2.75, 3.05) is 13.1 Å². The van der Waals surface area contributed by atoms with E-state index in [1.54, 1.807) is 6.20 Å². The van der Waals surface area contributed by atoms with E-state index in [9.17, 15) is 0 Å². The van der Waals surface area contributed by atoms with Crippen molar-refractivity contribution in [3.05, 3.63) is 41.4 Å². The van der Waals surface area contributed by atoms with Gasteiger partial charge in [-0.3, -0.25) is 4.90 Å². The van der Waals surface area contributed by atoms with Crippen molar-refractivity contribution in [3.63, 3.8) is 0 Å². The van der Waals surface area contributed by atoms with Crippen molar-refractivity contribution in [1.29, 1.82) is 0 Å². The first kappa shape index (κ1) is 19.3. The number of hydrogen-bond acceptors (Lipinski definition) is 4. The molecule has 22 heavy (non-hydrogen) atoms. The molecular formula is C15H20Cl3N3O. The fraction of sp³-hybridized carbons (Fsp3) is 0.400. The molecule has 1 aromatic heterocycles. The highest BCUT2D eigenvalue weighted by atomic mass is 35.5. The third-order valence-electron chi connectivity index (χ3n) is 3.65. The molecule has 4 nitrogen and oxygen atoms in total. The second-order valence-electron chi connectivity index (χ2n) is 5.24. The molecule has 1 fully saturated rings. The van der Waals surface area contributed by atoms with E-state index in [1.165, 1.54) is 0 Å². The molecule has 0 saturated carbocycles. The lowest BCUT2D eigenvalue weighted by atomic mass is 10.1. The van der Waals surface area contributed by atoms with Crippen molar-refractivity contribution in [3.8, 4) is 11.3 Å². The van der Waals surface area contributed by atoms with E-state index in [0.29, 0.717) is 11.1 Å². The number of nitrogens with zero attached hydrogens (tertiary/aromatic N) is 2. The van der Waals surface area contributed by atoms with Gasteiger partial charge in [-0.2, -0.15) is 0 Å². The second kappa shape index (κ2) is 8.75. The van der Waals surface area contributed by atoms with Gasteiger partial charge in [-0.1, -0.05) is 23.7 Å². The normalized spacial score (nSPS) is 15.9. The molecule has 0 atom stereocenters. The van der Waals surface area contributed by atoms with E-state index >= 15 is 0 Å². The molecule has 2 N–H and O–H groups in total. The number of piperidine rings is 1. The van der Waals surface area contributed by atoms with Crippen molar-refractivity contribution in [1.82, 2.24) is 9.88 Å². The molecule has 1 aliphatic rings. The highest BCUT2D eigenvalue weighted by molar-refractivity contribution is 6.30. The highest BCUT2D eigenvalue weighted by Gasteiger charge is 2.18. The Hall–Kier alpha value is -0.780. The van der Waals surface area contributed by atoms with Crippen LogP contribution in [0.4, 0.5) is 0 Å². The first-order chi connectivity index (χ1) is 9.70. The Kier molecular flexibility index (Phi) is 7.66. The van der Waals surface area contributed by atoms with E-state index in [1.807, 2.05) is 24.3 Å². The molecule has 0 unspecified atom stereocenters. The Morgan fingerprint density at radius 1 is 1.27 bits per heavy atom. The summed E-state index contributed by atoms with van der Waals surface area (Å²) in [5, 5.41) is 0.700. The summed E-state index contributed by atoms with van der Waals surface area (Å²) < 4.78 is 5.81. The van der Waals surface area contributed by atoms with Gasteiger partial charge in [0.15, 0.2) is 5.76 Å². The van der Waals surface area contributed by atoms with Crippen LogP contribution in [-0.4, -0.2) is 29.0 Å². The topological polar surface area (TPSA) is 55.3 Å². The summed E-state index contributed by atoms with van der Waals surface area (Å²) in [7, 11) is 0. The minimum Gasteiger partial charge on any atom is -0.439 e. The van der Waals surface area contributed by atoms with Crippen LogP contribution >= 0.6 is 36.4 Å². The van der Waals surface area contributed by atoms with E-state index in [-0.39, 0.29) is 24.8 Å². The lowest BCUT2D eigenvalue weighted by molar-refractivity contribution is 0.189. The lowest BCUT2D eigenvalue weighted by Gasteiger charge is -2.28. The Morgan fingerprint density at radius 2 is 2.00 bits per heavy atom. The predicted octanol–water partition coefficient (Wildman–Crippen LogP) is 3.76. The maximum Gasteiger partial charge on any atom is 0.209 e. The van der Waals surface area contributed by atoms with Gasteiger partial charge in [0.05, 0.1) is 12.7 Å². The van der Waals surface area contributed by atoms with Crippen LogP contribution in [0.25, 0.3) is 11.3 Å². The zero-order valence-corrected chi connectivity index (χ0v) is 14.5. The quantitative estimate of drug-likeness (QED) is 0.901. The van der Waals surface area contributed by atoms with Crippen LogP contribution < -0.4 is 5.73 Å². The maximum atomic E-state index is 5.99. The van der Waals surface area contributed by atoms with Gasteiger partial charge in [0.1, 0.15) is 0 Å². The molecule has 1 aliphatic heterocycles. The second-order valence-corrected chi connectivity index (χ2v) is 5.68. The minimum absolute atomic E-state index is 0. The van der Waals surface area contributed by atoms with Crippen LogP contribution in [0.3, 0.4) is 0 Å². The number of halogens is 3. The number of aromatic nitrogens is 1. The van der Waals surface area contributed by atoms with Crippen molar-refractivity contribution in [2.45, 2.75) is 25.4 Å². The van der Waals surface area contributed by atoms with Crippen molar-refractivity contribution < 1.29 is 4.42 Å². The zero-order valence-electron chi connectivity index (χ0n) is 12.1. The van der Waals surface area contributed by atoms with E-state index in [4.69, 9.17) is 21.8 Å². The molecule has 122 valence electrons. The van der Waals surface area contributed by atoms with E-state index in [2.05, 4.69) is 9.88 Å². The largest absolute Gasteiger partial charge is 0.439 e. The zero-order chi connectivity index (χ0) is 13.9. The van der Waals surface area contributed by atoms with Gasteiger partial charge in [-0.05, 0) is 25.0 Å². The van der Waals surface area contributed by atoms with Crippen LogP contribution in [0, 0.1) is 0 Å². The predicted molar refractivity (Wildman–Crippen MR) is 93.9 cm³/mol. The monoisotopic (exact) mass is 363 g/mol. The standard InChI is InChI=1S/C15H18ClN3O.2ClH/c16-12-3-1-2-11(8-12)14-9-18-15(20-14)10-19-6-4-13(17)5-7-19;;/h1-3,8-9,13H,4-7,10,17H2;2*1H. The molecule has 0 amide bonds. The number of benzene rings is 1. The molecule has 0 radical (unpaired) electrons. The Labute approximate surface area is 147 Å². The molecule has 0 spiro atoms. The van der Waals surface area contributed by atoms with Crippen LogP contribution in [0.1, 0.15) is 18.7 Å². The molecule has 3 rings (SSSR count). The number of oxazole rings is 1. The molecule has 2 heterocycles. The average molecular weight is 365 g/mol. The van der Waals surface area contributed by atoms with Crippen LogP contribution in [0.5, 0.6) is 0 Å². The van der Waals surface area contributed by atoms with Gasteiger partial charge in [0, 0.05) is 29.7 Å². The van der Waals surface area contributed by atoms with Crippen molar-refractivity contribution in [2.24, 2.45) is 5.73 Å². The Morgan fingerprint density at radius 3 is 2.68 bits per heavy atom. The molecule has 0 bridgehead atoms. The van der Waals surface area contributed by atoms with Gasteiger partial charge in [-0.15, -0.1) is 24.8 Å². The average Bonchev–Trinajstić information content (AvgIpc) is 2.90. The van der Waals surface area contributed by atoms with Crippen LogP contribution in [0.15, 0.2) is 34.9 Å². The number of nitrogens with two attached hydrogens (primary N) is 1. The van der Waals surface area contributed by atoms with Gasteiger partial charge in [0.25, 0.3) is 0 Å². The lowest BCUT2D eigenvalue weighted by Crippen LogP contribution is -2.39. The minimum atomic E-state index is 0. The summed E-state index contributed by atoms with van der Waals surface area (Å²) >= 11 is 5.99. The van der Waals surface area contributed by atoms with Crippen LogP contribution in [-0.2, 0) is 6.54 Å². The van der Waals surface area contributed by atoms with E-state index < -0.39 is 0 Å². The van der Waals surface area contributed by atoms with Gasteiger partial charge >= 0.3 is 0 Å². The summed E-state index contributed by atoms with van der Waals surface area (Å²) in [6.45, 7) is 2.76. The van der Waals surface area contributed by atoms with Gasteiger partial charge in [-0.25, -0.2) is 4.98 Å². The molecule has 1 saturated heterocycles. The number of rotatable bonds is 3. The maximum absolute atomic E-state index is 5.99. The molecular weight excluding hydrogens is 345 g/mol. The summed E-state index contributed by atoms with van der Waals surface area (Å²) in [5.74, 6) is 1.51. The van der Waals surface area contributed by atoms with Crippen LogP contribution in [0.2, 0.25) is 5.02 Å². The smallest absolute Gasteiger partial charge is 0.209 e. The Bertz CT molecular complexity index is 583. The van der Waals surface area contributed by atoms with Gasteiger partial charge < -0.3 is 10.2 Å². The summed E-state index contributed by atoms with van der Waals surface area (Å²) in [5.41, 5.74) is 6.86. The third-order valence-corrected chi connectivity index (χ3v) is 3.89. The van der Waals surface area contributed by atoms with E-state index in [0.717, 1.165) is 49.7 Å². The highest BCUT2D eigenvalue weighted by Crippen LogP contribution is 2.24. The molecule has 7 heteroatoms. The molecule has 2 aromatic rings. The Balaban J connectivity index is 0.00000121.